The van der Waals surface area contributed by atoms with Crippen LogP contribution in [0.15, 0.2) is 51.8 Å². The molecule has 0 bridgehead atoms. The number of hydrogen-bond donors (Lipinski definition) is 2. The summed E-state index contributed by atoms with van der Waals surface area (Å²) in [5.41, 5.74) is 1.72. The molecular weight excluding hydrogens is 346 g/mol. The van der Waals surface area contributed by atoms with Crippen molar-refractivity contribution in [2.45, 2.75) is 26.6 Å². The molecular formula is C19H21N5O3. The van der Waals surface area contributed by atoms with Crippen LogP contribution in [0.5, 0.6) is 0 Å². The van der Waals surface area contributed by atoms with E-state index in [-0.39, 0.29) is 23.7 Å². The first-order valence-corrected chi connectivity index (χ1v) is 8.53. The number of amides is 1. The lowest BCUT2D eigenvalue weighted by atomic mass is 10.2. The van der Waals surface area contributed by atoms with Gasteiger partial charge in [0.1, 0.15) is 5.82 Å². The highest BCUT2D eigenvalue weighted by Gasteiger charge is 2.14. The largest absolute Gasteiger partial charge is 0.359 e. The second-order valence-corrected chi connectivity index (χ2v) is 6.35. The first kappa shape index (κ1) is 18.5. The highest BCUT2D eigenvalue weighted by atomic mass is 16.5. The maximum absolute atomic E-state index is 12.2. The van der Waals surface area contributed by atoms with E-state index in [0.717, 1.165) is 6.54 Å². The van der Waals surface area contributed by atoms with E-state index in [4.69, 9.17) is 4.52 Å². The van der Waals surface area contributed by atoms with E-state index in [1.807, 2.05) is 25.2 Å². The summed E-state index contributed by atoms with van der Waals surface area (Å²) in [6.07, 6.45) is 0. The monoisotopic (exact) mass is 367 g/mol. The summed E-state index contributed by atoms with van der Waals surface area (Å²) >= 11 is 0. The van der Waals surface area contributed by atoms with Gasteiger partial charge in [-0.3, -0.25) is 14.5 Å². The molecule has 3 aromatic rings. The lowest BCUT2D eigenvalue weighted by Crippen LogP contribution is -2.26. The number of carbonyl (C=O) groups is 1. The highest BCUT2D eigenvalue weighted by Crippen LogP contribution is 2.10. The van der Waals surface area contributed by atoms with Gasteiger partial charge in [-0.2, -0.15) is 0 Å². The van der Waals surface area contributed by atoms with Crippen molar-refractivity contribution in [1.82, 2.24) is 25.3 Å². The number of aryl methyl sites for hydroxylation is 1. The Morgan fingerprint density at radius 3 is 2.74 bits per heavy atom. The van der Waals surface area contributed by atoms with Gasteiger partial charge in [0.05, 0.1) is 13.1 Å². The second kappa shape index (κ2) is 8.41. The quantitative estimate of drug-likeness (QED) is 0.658. The van der Waals surface area contributed by atoms with E-state index >= 15 is 0 Å². The fraction of sp³-hybridized carbons (Fsp3) is 0.263. The fourth-order valence-electron chi connectivity index (χ4n) is 2.69. The molecule has 0 atom stereocenters. The molecule has 0 saturated heterocycles. The van der Waals surface area contributed by atoms with Crippen LogP contribution in [-0.4, -0.2) is 33.0 Å². The molecule has 0 saturated carbocycles. The first-order valence-electron chi connectivity index (χ1n) is 8.53. The van der Waals surface area contributed by atoms with Crippen molar-refractivity contribution in [1.29, 1.82) is 0 Å². The third kappa shape index (κ3) is 5.35. The number of aromatic amines is 1. The van der Waals surface area contributed by atoms with Gasteiger partial charge in [-0.05, 0) is 19.5 Å². The Morgan fingerprint density at radius 1 is 1.22 bits per heavy atom. The van der Waals surface area contributed by atoms with E-state index in [1.54, 1.807) is 13.0 Å². The lowest BCUT2D eigenvalue weighted by molar-refractivity contribution is 0.0940. The highest BCUT2D eigenvalue weighted by molar-refractivity contribution is 5.92. The van der Waals surface area contributed by atoms with Gasteiger partial charge in [-0.25, -0.2) is 4.98 Å². The van der Waals surface area contributed by atoms with Crippen molar-refractivity contribution in [3.05, 3.63) is 81.4 Å². The summed E-state index contributed by atoms with van der Waals surface area (Å²) < 4.78 is 5.26. The van der Waals surface area contributed by atoms with Crippen LogP contribution < -0.4 is 10.9 Å². The van der Waals surface area contributed by atoms with Crippen LogP contribution in [0.2, 0.25) is 0 Å². The van der Waals surface area contributed by atoms with Crippen molar-refractivity contribution in [2.24, 2.45) is 0 Å². The van der Waals surface area contributed by atoms with Crippen LogP contribution in [0.25, 0.3) is 0 Å². The summed E-state index contributed by atoms with van der Waals surface area (Å²) in [4.78, 5) is 32.4. The van der Waals surface area contributed by atoms with E-state index in [1.165, 1.54) is 11.6 Å². The normalized spacial score (nSPS) is 10.9. The van der Waals surface area contributed by atoms with Crippen LogP contribution in [0.4, 0.5) is 0 Å². The summed E-state index contributed by atoms with van der Waals surface area (Å²) in [6, 6.07) is 13.1. The molecule has 1 aromatic carbocycles. The van der Waals surface area contributed by atoms with E-state index < -0.39 is 0 Å². The summed E-state index contributed by atoms with van der Waals surface area (Å²) in [5.74, 6) is 0.597. The van der Waals surface area contributed by atoms with E-state index in [2.05, 4.69) is 37.5 Å². The fourth-order valence-corrected chi connectivity index (χ4v) is 2.69. The summed E-state index contributed by atoms with van der Waals surface area (Å²) in [5, 5.41) is 6.49. The van der Waals surface area contributed by atoms with Crippen LogP contribution in [-0.2, 0) is 19.6 Å². The molecule has 8 nitrogen and oxygen atoms in total. The van der Waals surface area contributed by atoms with Crippen LogP contribution >= 0.6 is 0 Å². The zero-order chi connectivity index (χ0) is 19.2. The average molecular weight is 367 g/mol. The average Bonchev–Trinajstić information content (AvgIpc) is 3.08. The molecule has 0 aliphatic heterocycles. The number of H-pyrrole nitrogens is 1. The smallest absolute Gasteiger partial charge is 0.273 e. The molecule has 0 fully saturated rings. The maximum Gasteiger partial charge on any atom is 0.273 e. The van der Waals surface area contributed by atoms with Gasteiger partial charge in [-0.15, -0.1) is 0 Å². The minimum atomic E-state index is -0.389. The van der Waals surface area contributed by atoms with Gasteiger partial charge in [0.2, 0.25) is 0 Å². The molecule has 0 aliphatic rings. The minimum absolute atomic E-state index is 0.103. The summed E-state index contributed by atoms with van der Waals surface area (Å²) in [7, 11) is 1.97. The number of nitrogens with one attached hydrogen (secondary N) is 2. The molecule has 0 radical (unpaired) electrons. The number of rotatable bonds is 7. The zero-order valence-electron chi connectivity index (χ0n) is 15.2. The topological polar surface area (TPSA) is 104 Å². The molecule has 3 rings (SSSR count). The first-order chi connectivity index (χ1) is 13.0. The number of carbonyl (C=O) groups excluding carboxylic acids is 1. The number of benzene rings is 1. The molecule has 27 heavy (non-hydrogen) atoms. The van der Waals surface area contributed by atoms with Gasteiger partial charge in [0.25, 0.3) is 11.5 Å². The maximum atomic E-state index is 12.2. The minimum Gasteiger partial charge on any atom is -0.359 e. The second-order valence-electron chi connectivity index (χ2n) is 6.35. The Kier molecular flexibility index (Phi) is 5.77. The van der Waals surface area contributed by atoms with Crippen molar-refractivity contribution in [2.75, 3.05) is 7.05 Å². The summed E-state index contributed by atoms with van der Waals surface area (Å²) in [6.45, 7) is 3.11. The van der Waals surface area contributed by atoms with E-state index in [0.29, 0.717) is 23.8 Å². The zero-order valence-corrected chi connectivity index (χ0v) is 15.2. The van der Waals surface area contributed by atoms with Crippen molar-refractivity contribution < 1.29 is 9.32 Å². The van der Waals surface area contributed by atoms with Gasteiger partial charge in [-0.1, -0.05) is 35.5 Å². The molecule has 2 aromatic heterocycles. The predicted octanol–water partition coefficient (Wildman–Crippen LogP) is 1.63. The molecule has 2 N–H and O–H groups in total. The van der Waals surface area contributed by atoms with Gasteiger partial charge >= 0.3 is 0 Å². The molecule has 0 unspecified atom stereocenters. The Morgan fingerprint density at radius 2 is 2.00 bits per heavy atom. The number of hydrogen-bond acceptors (Lipinski definition) is 6. The molecule has 140 valence electrons. The van der Waals surface area contributed by atoms with E-state index in [9.17, 15) is 9.59 Å². The Hall–Kier alpha value is -3.26. The Bertz CT molecular complexity index is 965. The Balaban J connectivity index is 1.54. The standard InChI is InChI=1S/C19H21N5O3/c1-13-8-18(25)22-17(21-13)10-20-19(26)16-9-15(27-23-16)12-24(2)11-14-6-4-3-5-7-14/h3-9H,10-12H2,1-2H3,(H,20,26)(H,21,22,25). The van der Waals surface area contributed by atoms with Crippen LogP contribution in [0, 0.1) is 6.92 Å². The van der Waals surface area contributed by atoms with Crippen molar-refractivity contribution in [3.63, 3.8) is 0 Å². The number of aromatic nitrogens is 3. The third-order valence-corrected chi connectivity index (χ3v) is 3.85. The Labute approximate surface area is 156 Å². The molecule has 0 spiro atoms. The molecule has 1 amide bonds. The SMILES string of the molecule is Cc1cc(=O)[nH]c(CNC(=O)c2cc(CN(C)Cc3ccccc3)on2)n1. The van der Waals surface area contributed by atoms with Crippen LogP contribution in [0.3, 0.4) is 0 Å². The lowest BCUT2D eigenvalue weighted by Gasteiger charge is -2.14. The molecule has 8 heteroatoms. The van der Waals surface area contributed by atoms with Crippen LogP contribution in [0.1, 0.15) is 33.3 Å². The number of nitrogens with zero attached hydrogens (tertiary/aromatic N) is 3. The predicted molar refractivity (Wildman–Crippen MR) is 98.9 cm³/mol. The van der Waals surface area contributed by atoms with Gasteiger partial charge in [0.15, 0.2) is 11.5 Å². The third-order valence-electron chi connectivity index (χ3n) is 3.85. The van der Waals surface area contributed by atoms with Crippen molar-refractivity contribution >= 4 is 5.91 Å². The van der Waals surface area contributed by atoms with Gasteiger partial charge < -0.3 is 14.8 Å². The molecule has 2 heterocycles. The van der Waals surface area contributed by atoms with Crippen molar-refractivity contribution in [3.8, 4) is 0 Å². The van der Waals surface area contributed by atoms with Gasteiger partial charge in [0, 0.05) is 24.4 Å². The molecule has 0 aliphatic carbocycles.